The number of hydrogen-bond donors (Lipinski definition) is 1. The van der Waals surface area contributed by atoms with Crippen molar-refractivity contribution in [3.63, 3.8) is 0 Å². The van der Waals surface area contributed by atoms with Crippen molar-refractivity contribution in [2.24, 2.45) is 11.8 Å². The molecule has 4 nitrogen and oxygen atoms in total. The Bertz CT molecular complexity index is 459. The zero-order valence-electron chi connectivity index (χ0n) is 11.1. The van der Waals surface area contributed by atoms with Gasteiger partial charge in [-0.3, -0.25) is 0 Å². The highest BCUT2D eigenvalue weighted by molar-refractivity contribution is 5.96. The fraction of sp³-hybridized carbons (Fsp3) is 0.500. The fourth-order valence-corrected chi connectivity index (χ4v) is 2.18. The van der Waals surface area contributed by atoms with Crippen LogP contribution in [0.15, 0.2) is 18.2 Å². The van der Waals surface area contributed by atoms with Crippen molar-refractivity contribution >= 4 is 17.3 Å². The predicted octanol–water partition coefficient (Wildman–Crippen LogP) is 2.15. The number of methoxy groups -OCH3 is 1. The lowest BCUT2D eigenvalue weighted by atomic mass is 10.1. The predicted molar refractivity (Wildman–Crippen MR) is 72.7 cm³/mol. The number of rotatable bonds is 4. The molecule has 2 atom stereocenters. The summed E-state index contributed by atoms with van der Waals surface area (Å²) in [5.74, 6) is 1.21. The van der Waals surface area contributed by atoms with Crippen LogP contribution in [0, 0.1) is 11.8 Å². The number of esters is 1. The van der Waals surface area contributed by atoms with E-state index < -0.39 is 0 Å². The monoisotopic (exact) mass is 248 g/mol. The maximum Gasteiger partial charge on any atom is 0.340 e. The molecule has 0 aliphatic heterocycles. The SMILES string of the molecule is COC(=O)c1cc(N(C)CC2CC2C)ccc1N. The number of ether oxygens (including phenoxy) is 1. The topological polar surface area (TPSA) is 55.6 Å². The lowest BCUT2D eigenvalue weighted by Gasteiger charge is -2.20. The lowest BCUT2D eigenvalue weighted by molar-refractivity contribution is 0.0602. The first-order valence-corrected chi connectivity index (χ1v) is 6.22. The van der Waals surface area contributed by atoms with Crippen LogP contribution in [0.5, 0.6) is 0 Å². The Kier molecular flexibility index (Phi) is 3.45. The van der Waals surface area contributed by atoms with Crippen molar-refractivity contribution in [1.82, 2.24) is 0 Å². The maximum absolute atomic E-state index is 11.6. The average Bonchev–Trinajstić information content (AvgIpc) is 3.04. The van der Waals surface area contributed by atoms with Crippen molar-refractivity contribution in [2.45, 2.75) is 13.3 Å². The highest BCUT2D eigenvalue weighted by Crippen LogP contribution is 2.38. The standard InChI is InChI=1S/C14H20N2O2/c1-9-6-10(9)8-16(2)11-4-5-13(15)12(7-11)14(17)18-3/h4-5,7,9-10H,6,8,15H2,1-3H3. The summed E-state index contributed by atoms with van der Waals surface area (Å²) in [7, 11) is 3.40. The van der Waals surface area contributed by atoms with E-state index >= 15 is 0 Å². The molecule has 1 saturated carbocycles. The molecule has 1 fully saturated rings. The minimum atomic E-state index is -0.387. The molecule has 0 spiro atoms. The van der Waals surface area contributed by atoms with Gasteiger partial charge in [0.05, 0.1) is 12.7 Å². The van der Waals surface area contributed by atoms with Gasteiger partial charge in [0.25, 0.3) is 0 Å². The number of nitrogens with two attached hydrogens (primary N) is 1. The molecule has 18 heavy (non-hydrogen) atoms. The number of carbonyl (C=O) groups is 1. The van der Waals surface area contributed by atoms with Crippen LogP contribution in [0.4, 0.5) is 11.4 Å². The molecule has 2 N–H and O–H groups in total. The average molecular weight is 248 g/mol. The molecule has 0 amide bonds. The Balaban J connectivity index is 2.15. The zero-order chi connectivity index (χ0) is 13.3. The van der Waals surface area contributed by atoms with E-state index in [0.29, 0.717) is 11.3 Å². The smallest absolute Gasteiger partial charge is 0.340 e. The number of benzene rings is 1. The van der Waals surface area contributed by atoms with Gasteiger partial charge < -0.3 is 15.4 Å². The second-order valence-electron chi connectivity index (χ2n) is 5.12. The quantitative estimate of drug-likeness (QED) is 0.655. The van der Waals surface area contributed by atoms with Gasteiger partial charge in [0, 0.05) is 25.0 Å². The highest BCUT2D eigenvalue weighted by Gasteiger charge is 2.33. The minimum absolute atomic E-state index is 0.387. The number of carbonyl (C=O) groups excluding carboxylic acids is 1. The molecular weight excluding hydrogens is 228 g/mol. The van der Waals surface area contributed by atoms with Gasteiger partial charge in [0.15, 0.2) is 0 Å². The number of nitrogens with zero attached hydrogens (tertiary/aromatic N) is 1. The van der Waals surface area contributed by atoms with Crippen LogP contribution in [0.25, 0.3) is 0 Å². The van der Waals surface area contributed by atoms with E-state index in [1.807, 2.05) is 13.1 Å². The number of hydrogen-bond acceptors (Lipinski definition) is 4. The first-order valence-electron chi connectivity index (χ1n) is 6.22. The van der Waals surface area contributed by atoms with Crippen LogP contribution in [-0.2, 0) is 4.74 Å². The van der Waals surface area contributed by atoms with Crippen LogP contribution in [0.3, 0.4) is 0 Å². The van der Waals surface area contributed by atoms with Gasteiger partial charge in [0.2, 0.25) is 0 Å². The van der Waals surface area contributed by atoms with Crippen molar-refractivity contribution in [1.29, 1.82) is 0 Å². The summed E-state index contributed by atoms with van der Waals surface area (Å²) < 4.78 is 4.72. The van der Waals surface area contributed by atoms with Gasteiger partial charge in [-0.2, -0.15) is 0 Å². The summed E-state index contributed by atoms with van der Waals surface area (Å²) in [5, 5.41) is 0. The van der Waals surface area contributed by atoms with E-state index in [9.17, 15) is 4.79 Å². The molecule has 1 aromatic rings. The van der Waals surface area contributed by atoms with Gasteiger partial charge in [-0.05, 0) is 36.5 Å². The lowest BCUT2D eigenvalue weighted by Crippen LogP contribution is -2.21. The normalized spacial score (nSPS) is 21.5. The second-order valence-corrected chi connectivity index (χ2v) is 5.12. The summed E-state index contributed by atoms with van der Waals surface area (Å²) in [5.41, 5.74) is 7.68. The van der Waals surface area contributed by atoms with E-state index in [1.54, 1.807) is 12.1 Å². The van der Waals surface area contributed by atoms with E-state index in [-0.39, 0.29) is 5.97 Å². The molecule has 0 bridgehead atoms. The molecule has 2 unspecified atom stereocenters. The van der Waals surface area contributed by atoms with Crippen molar-refractivity contribution < 1.29 is 9.53 Å². The molecule has 1 aliphatic rings. The van der Waals surface area contributed by atoms with Crippen molar-refractivity contribution in [3.05, 3.63) is 23.8 Å². The second kappa shape index (κ2) is 4.88. The number of nitrogen functional groups attached to an aromatic ring is 1. The zero-order valence-corrected chi connectivity index (χ0v) is 11.1. The first-order chi connectivity index (χ1) is 8.52. The fourth-order valence-electron chi connectivity index (χ4n) is 2.18. The summed E-state index contributed by atoms with van der Waals surface area (Å²) in [6.07, 6.45) is 1.29. The Morgan fingerprint density at radius 2 is 2.22 bits per heavy atom. The Labute approximate surface area is 108 Å². The molecule has 0 aromatic heterocycles. The van der Waals surface area contributed by atoms with Crippen LogP contribution >= 0.6 is 0 Å². The van der Waals surface area contributed by atoms with E-state index in [4.69, 9.17) is 10.5 Å². The third-order valence-corrected chi connectivity index (χ3v) is 3.67. The molecule has 98 valence electrons. The van der Waals surface area contributed by atoms with Crippen LogP contribution in [-0.4, -0.2) is 26.7 Å². The molecule has 4 heteroatoms. The molecule has 0 saturated heterocycles. The third-order valence-electron chi connectivity index (χ3n) is 3.67. The molecule has 0 radical (unpaired) electrons. The van der Waals surface area contributed by atoms with Crippen LogP contribution < -0.4 is 10.6 Å². The highest BCUT2D eigenvalue weighted by atomic mass is 16.5. The first kappa shape index (κ1) is 12.7. The largest absolute Gasteiger partial charge is 0.465 e. The Morgan fingerprint density at radius 3 is 2.78 bits per heavy atom. The van der Waals surface area contributed by atoms with E-state index in [1.165, 1.54) is 13.5 Å². The summed E-state index contributed by atoms with van der Waals surface area (Å²) in [6.45, 7) is 3.28. The van der Waals surface area contributed by atoms with Crippen LogP contribution in [0.2, 0.25) is 0 Å². The Hall–Kier alpha value is -1.71. The number of anilines is 2. The molecule has 2 rings (SSSR count). The molecule has 0 heterocycles. The molecular formula is C14H20N2O2. The maximum atomic E-state index is 11.6. The van der Waals surface area contributed by atoms with E-state index in [0.717, 1.165) is 24.1 Å². The van der Waals surface area contributed by atoms with Gasteiger partial charge in [-0.25, -0.2) is 4.79 Å². The molecule has 1 aliphatic carbocycles. The summed E-state index contributed by atoms with van der Waals surface area (Å²) >= 11 is 0. The van der Waals surface area contributed by atoms with E-state index in [2.05, 4.69) is 11.8 Å². The van der Waals surface area contributed by atoms with Gasteiger partial charge in [0.1, 0.15) is 0 Å². The summed E-state index contributed by atoms with van der Waals surface area (Å²) in [4.78, 5) is 13.7. The molecule has 1 aromatic carbocycles. The van der Waals surface area contributed by atoms with Gasteiger partial charge in [-0.15, -0.1) is 0 Å². The van der Waals surface area contributed by atoms with Gasteiger partial charge >= 0.3 is 5.97 Å². The van der Waals surface area contributed by atoms with Gasteiger partial charge in [-0.1, -0.05) is 6.92 Å². The van der Waals surface area contributed by atoms with Crippen molar-refractivity contribution in [2.75, 3.05) is 31.3 Å². The Morgan fingerprint density at radius 1 is 1.56 bits per heavy atom. The van der Waals surface area contributed by atoms with Crippen LogP contribution in [0.1, 0.15) is 23.7 Å². The van der Waals surface area contributed by atoms with Crippen molar-refractivity contribution in [3.8, 4) is 0 Å². The third kappa shape index (κ3) is 2.58. The summed E-state index contributed by atoms with van der Waals surface area (Å²) in [6, 6.07) is 5.50. The minimum Gasteiger partial charge on any atom is -0.465 e.